The number of nitro benzene ring substituents is 1. The molecule has 2 rings (SSSR count). The maximum Gasteiger partial charge on any atom is 0.305 e. The lowest BCUT2D eigenvalue weighted by Gasteiger charge is -2.21. The molecule has 0 heterocycles. The second-order valence-corrected chi connectivity index (χ2v) is 7.67. The second kappa shape index (κ2) is 10.8. The van der Waals surface area contributed by atoms with Crippen molar-refractivity contribution in [3.8, 4) is 0 Å². The van der Waals surface area contributed by atoms with Crippen LogP contribution in [0.4, 0.5) is 15.8 Å². The van der Waals surface area contributed by atoms with Crippen LogP contribution in [0.25, 0.3) is 6.08 Å². The molecule has 2 aromatic rings. The molecule has 2 aromatic carbocycles. The summed E-state index contributed by atoms with van der Waals surface area (Å²) in [5.41, 5.74) is 0.702. The lowest BCUT2D eigenvalue weighted by molar-refractivity contribution is -0.387. The van der Waals surface area contributed by atoms with Gasteiger partial charge in [-0.15, -0.1) is 0 Å². The molecule has 0 aliphatic carbocycles. The molecule has 0 aromatic heterocycles. The monoisotopic (exact) mass is 418 g/mol. The Morgan fingerprint density at radius 3 is 2.63 bits per heavy atom. The number of nitrogens with zero attached hydrogens (tertiary/aromatic N) is 1. The van der Waals surface area contributed by atoms with Crippen LogP contribution in [0.15, 0.2) is 48.5 Å². The van der Waals surface area contributed by atoms with Gasteiger partial charge in [0.2, 0.25) is 5.82 Å². The van der Waals surface area contributed by atoms with Crippen molar-refractivity contribution in [2.45, 2.75) is 26.6 Å². The van der Waals surface area contributed by atoms with Gasteiger partial charge in [-0.3, -0.25) is 10.1 Å². The number of halogens is 1. The smallest absolute Gasteiger partial charge is 0.305 e. The number of anilines is 1. The molecule has 30 heavy (non-hydrogen) atoms. The van der Waals surface area contributed by atoms with Gasteiger partial charge in [-0.2, -0.15) is 4.39 Å². The van der Waals surface area contributed by atoms with Gasteiger partial charge < -0.3 is 20.3 Å². The van der Waals surface area contributed by atoms with Crippen LogP contribution in [0.1, 0.15) is 25.0 Å². The molecule has 7 nitrogen and oxygen atoms in total. The minimum Gasteiger partial charge on any atom is -0.394 e. The zero-order valence-electron chi connectivity index (χ0n) is 17.0. The Labute approximate surface area is 175 Å². The maximum atomic E-state index is 14.1. The molecular weight excluding hydrogens is 391 g/mol. The summed E-state index contributed by atoms with van der Waals surface area (Å²) in [6, 6.07) is 11.9. The third-order valence-corrected chi connectivity index (χ3v) is 4.35. The molecule has 0 radical (unpaired) electrons. The SMILES string of the molecule is CC(C)(C=Cc1cc([N+](=O)[O-])c(F)cc1NC[C@@H](O)CO)COCc1ccccc1. The third-order valence-electron chi connectivity index (χ3n) is 4.35. The maximum absolute atomic E-state index is 14.1. The van der Waals surface area contributed by atoms with E-state index in [1.165, 1.54) is 0 Å². The molecule has 0 aliphatic heterocycles. The number of ether oxygens (including phenoxy) is 1. The van der Waals surface area contributed by atoms with E-state index in [-0.39, 0.29) is 17.6 Å². The lowest BCUT2D eigenvalue weighted by atomic mass is 9.93. The summed E-state index contributed by atoms with van der Waals surface area (Å²) in [5.74, 6) is -0.983. The van der Waals surface area contributed by atoms with Gasteiger partial charge in [-0.25, -0.2) is 0 Å². The van der Waals surface area contributed by atoms with Crippen LogP contribution in [0.5, 0.6) is 0 Å². The molecule has 0 unspecified atom stereocenters. The molecule has 0 aliphatic rings. The Hall–Kier alpha value is -2.81. The normalized spacial score (nSPS) is 12.8. The number of hydrogen-bond acceptors (Lipinski definition) is 6. The number of aliphatic hydroxyl groups excluding tert-OH is 2. The first-order valence-electron chi connectivity index (χ1n) is 9.53. The van der Waals surface area contributed by atoms with Gasteiger partial charge in [0.05, 0.1) is 30.8 Å². The molecule has 0 bridgehead atoms. The molecule has 8 heteroatoms. The summed E-state index contributed by atoms with van der Waals surface area (Å²) in [7, 11) is 0. The van der Waals surface area contributed by atoms with Gasteiger partial charge in [0.25, 0.3) is 0 Å². The minimum atomic E-state index is -1.04. The van der Waals surface area contributed by atoms with Crippen molar-refractivity contribution in [3.63, 3.8) is 0 Å². The summed E-state index contributed by atoms with van der Waals surface area (Å²) in [4.78, 5) is 10.3. The van der Waals surface area contributed by atoms with Gasteiger partial charge in [0, 0.05) is 35.3 Å². The average molecular weight is 418 g/mol. The van der Waals surface area contributed by atoms with Crippen molar-refractivity contribution in [2.75, 3.05) is 25.1 Å². The van der Waals surface area contributed by atoms with Crippen LogP contribution in [0.3, 0.4) is 0 Å². The van der Waals surface area contributed by atoms with E-state index in [0.717, 1.165) is 17.7 Å². The summed E-state index contributed by atoms with van der Waals surface area (Å²) in [5, 5.41) is 32.4. The van der Waals surface area contributed by atoms with E-state index in [4.69, 9.17) is 9.84 Å². The molecule has 0 amide bonds. The molecule has 0 saturated carbocycles. The molecule has 3 N–H and O–H groups in total. The van der Waals surface area contributed by atoms with E-state index >= 15 is 0 Å². The van der Waals surface area contributed by atoms with Gasteiger partial charge in [0.1, 0.15) is 0 Å². The zero-order valence-corrected chi connectivity index (χ0v) is 17.0. The summed E-state index contributed by atoms with van der Waals surface area (Å²) in [6.07, 6.45) is 2.46. The highest BCUT2D eigenvalue weighted by atomic mass is 19.1. The summed E-state index contributed by atoms with van der Waals surface area (Å²) in [6.45, 7) is 4.29. The fraction of sp³-hybridized carbons (Fsp3) is 0.364. The van der Waals surface area contributed by atoms with E-state index in [1.807, 2.05) is 50.3 Å². The molecular formula is C22H27FN2O5. The summed E-state index contributed by atoms with van der Waals surface area (Å²) < 4.78 is 19.8. The number of hydrogen-bond donors (Lipinski definition) is 3. The highest BCUT2D eigenvalue weighted by molar-refractivity contribution is 5.70. The Morgan fingerprint density at radius 1 is 1.30 bits per heavy atom. The second-order valence-electron chi connectivity index (χ2n) is 7.67. The number of nitro groups is 1. The van der Waals surface area contributed by atoms with Crippen molar-refractivity contribution in [1.29, 1.82) is 0 Å². The van der Waals surface area contributed by atoms with Crippen LogP contribution in [0.2, 0.25) is 0 Å². The number of benzene rings is 2. The lowest BCUT2D eigenvalue weighted by Crippen LogP contribution is -2.23. The molecule has 0 saturated heterocycles. The van der Waals surface area contributed by atoms with Crippen LogP contribution in [-0.4, -0.2) is 41.0 Å². The number of nitrogens with one attached hydrogen (secondary N) is 1. The Bertz CT molecular complexity index is 871. The Morgan fingerprint density at radius 2 is 2.00 bits per heavy atom. The first-order valence-corrected chi connectivity index (χ1v) is 9.53. The van der Waals surface area contributed by atoms with E-state index in [1.54, 1.807) is 6.08 Å². The fourth-order valence-corrected chi connectivity index (χ4v) is 2.67. The van der Waals surface area contributed by atoms with Crippen molar-refractivity contribution in [3.05, 3.63) is 75.6 Å². The molecule has 0 spiro atoms. The summed E-state index contributed by atoms with van der Waals surface area (Å²) >= 11 is 0. The van der Waals surface area contributed by atoms with Crippen molar-refractivity contribution in [1.82, 2.24) is 0 Å². The highest BCUT2D eigenvalue weighted by Crippen LogP contribution is 2.29. The minimum absolute atomic E-state index is 0.0296. The van der Waals surface area contributed by atoms with Crippen molar-refractivity contribution < 1.29 is 24.3 Å². The van der Waals surface area contributed by atoms with E-state index in [2.05, 4.69) is 5.32 Å². The van der Waals surface area contributed by atoms with Crippen LogP contribution in [-0.2, 0) is 11.3 Å². The standard InChI is InChI=1S/C22H27FN2O5/c1-22(2,15-30-14-16-6-4-3-5-7-16)9-8-17-10-21(25(28)29)19(23)11-20(17)24-12-18(27)13-26/h3-11,18,24,26-27H,12-15H2,1-2H3/t18-/m1/s1. The van der Waals surface area contributed by atoms with Crippen molar-refractivity contribution in [2.24, 2.45) is 5.41 Å². The Balaban J connectivity index is 2.14. The molecule has 1 atom stereocenters. The number of aliphatic hydroxyl groups is 2. The van der Waals surface area contributed by atoms with Crippen LogP contribution in [0, 0.1) is 21.3 Å². The van der Waals surface area contributed by atoms with E-state index in [9.17, 15) is 19.6 Å². The van der Waals surface area contributed by atoms with Gasteiger partial charge in [-0.05, 0) is 5.56 Å². The van der Waals surface area contributed by atoms with E-state index in [0.29, 0.717) is 18.8 Å². The average Bonchev–Trinajstić information content (AvgIpc) is 2.71. The van der Waals surface area contributed by atoms with Crippen molar-refractivity contribution >= 4 is 17.5 Å². The van der Waals surface area contributed by atoms with Gasteiger partial charge >= 0.3 is 5.69 Å². The largest absolute Gasteiger partial charge is 0.394 e. The Kier molecular flexibility index (Phi) is 8.46. The first-order chi connectivity index (χ1) is 14.2. The van der Waals surface area contributed by atoms with Crippen LogP contribution >= 0.6 is 0 Å². The third kappa shape index (κ3) is 7.22. The topological polar surface area (TPSA) is 105 Å². The molecule has 162 valence electrons. The number of rotatable bonds is 11. The first kappa shape index (κ1) is 23.5. The van der Waals surface area contributed by atoms with Gasteiger partial charge in [-0.1, -0.05) is 56.3 Å². The predicted molar refractivity (Wildman–Crippen MR) is 114 cm³/mol. The molecule has 0 fully saturated rings. The van der Waals surface area contributed by atoms with Gasteiger partial charge in [0.15, 0.2) is 0 Å². The van der Waals surface area contributed by atoms with Crippen LogP contribution < -0.4 is 5.32 Å². The zero-order chi connectivity index (χ0) is 22.1. The highest BCUT2D eigenvalue weighted by Gasteiger charge is 2.19. The predicted octanol–water partition coefficient (Wildman–Crippen LogP) is 3.76. The fourth-order valence-electron chi connectivity index (χ4n) is 2.67. The quantitative estimate of drug-likeness (QED) is 0.379. The van der Waals surface area contributed by atoms with E-state index < -0.39 is 29.1 Å².